The monoisotopic (exact) mass is 339 g/mol. The van der Waals surface area contributed by atoms with Crippen LogP contribution in [0.5, 0.6) is 0 Å². The summed E-state index contributed by atoms with van der Waals surface area (Å²) in [5, 5.41) is 2.98. The maximum Gasteiger partial charge on any atom is 0.251 e. The van der Waals surface area contributed by atoms with Crippen LogP contribution in [0.2, 0.25) is 0 Å². The zero-order chi connectivity index (χ0) is 15.9. The van der Waals surface area contributed by atoms with Gasteiger partial charge in [-0.25, -0.2) is 0 Å². The predicted molar refractivity (Wildman–Crippen MR) is 95.1 cm³/mol. The molecule has 1 aromatic carbocycles. The van der Waals surface area contributed by atoms with Crippen molar-refractivity contribution in [2.75, 3.05) is 18.0 Å². The molecule has 2 rings (SSSR count). The van der Waals surface area contributed by atoms with E-state index in [-0.39, 0.29) is 30.3 Å². The summed E-state index contributed by atoms with van der Waals surface area (Å²) in [7, 11) is 0. The van der Waals surface area contributed by atoms with Crippen LogP contribution in [0.25, 0.3) is 0 Å². The van der Waals surface area contributed by atoms with Crippen LogP contribution in [0.15, 0.2) is 24.3 Å². The number of carbonyl (C=O) groups excluding carboxylic acids is 2. The van der Waals surface area contributed by atoms with Gasteiger partial charge >= 0.3 is 0 Å². The molecule has 1 aliphatic rings. The molecule has 0 radical (unpaired) electrons. The zero-order valence-electron chi connectivity index (χ0n) is 13.6. The first kappa shape index (κ1) is 19.5. The average Bonchev–Trinajstić information content (AvgIpc) is 2.97. The van der Waals surface area contributed by atoms with Crippen LogP contribution in [-0.4, -0.2) is 30.9 Å². The minimum absolute atomic E-state index is 0. The number of rotatable bonds is 7. The Kier molecular flexibility index (Phi) is 8.06. The predicted octanol–water partition coefficient (Wildman–Crippen LogP) is 2.48. The first-order chi connectivity index (χ1) is 10.7. The van der Waals surface area contributed by atoms with Gasteiger partial charge in [-0.3, -0.25) is 9.59 Å². The molecular weight excluding hydrogens is 314 g/mol. The zero-order valence-corrected chi connectivity index (χ0v) is 14.4. The van der Waals surface area contributed by atoms with Crippen molar-refractivity contribution in [1.82, 2.24) is 5.32 Å². The quantitative estimate of drug-likeness (QED) is 0.801. The lowest BCUT2D eigenvalue weighted by Crippen LogP contribution is -2.40. The molecule has 6 heteroatoms. The summed E-state index contributed by atoms with van der Waals surface area (Å²) in [5.74, 6) is 0.000359. The number of carbonyl (C=O) groups is 2. The van der Waals surface area contributed by atoms with Gasteiger partial charge in [0, 0.05) is 36.8 Å². The molecule has 5 nitrogen and oxygen atoms in total. The van der Waals surface area contributed by atoms with Gasteiger partial charge in [-0.2, -0.15) is 0 Å². The molecule has 1 atom stereocenters. The third-order valence-corrected chi connectivity index (χ3v) is 4.02. The van der Waals surface area contributed by atoms with E-state index >= 15 is 0 Å². The summed E-state index contributed by atoms with van der Waals surface area (Å²) in [4.78, 5) is 25.9. The van der Waals surface area contributed by atoms with E-state index in [1.807, 2.05) is 12.1 Å². The van der Waals surface area contributed by atoms with Gasteiger partial charge in [-0.15, -0.1) is 12.4 Å². The van der Waals surface area contributed by atoms with E-state index in [0.29, 0.717) is 18.5 Å². The van der Waals surface area contributed by atoms with Crippen LogP contribution in [0, 0.1) is 0 Å². The number of unbranched alkanes of at least 4 members (excludes halogenated alkanes) is 1. The Morgan fingerprint density at radius 3 is 2.83 bits per heavy atom. The first-order valence-electron chi connectivity index (χ1n) is 8.07. The highest BCUT2D eigenvalue weighted by molar-refractivity contribution is 5.99. The summed E-state index contributed by atoms with van der Waals surface area (Å²) >= 11 is 0. The van der Waals surface area contributed by atoms with E-state index in [0.717, 1.165) is 37.9 Å². The molecule has 1 heterocycles. The van der Waals surface area contributed by atoms with Crippen LogP contribution in [0.1, 0.15) is 49.4 Å². The molecule has 0 spiro atoms. The summed E-state index contributed by atoms with van der Waals surface area (Å²) in [5.41, 5.74) is 7.10. The molecule has 1 saturated heterocycles. The Hall–Kier alpha value is -1.59. The standard InChI is InChI=1S/C17H25N3O2.ClH/c1-2-3-7-14(12-18)19-17(22)13-6-4-8-15(11-13)20-10-5-9-16(20)21;/h4,6,8,11,14H,2-3,5,7,9-10,12,18H2,1H3,(H,19,22);1H. The fraction of sp³-hybridized carbons (Fsp3) is 0.529. The fourth-order valence-corrected chi connectivity index (χ4v) is 2.70. The highest BCUT2D eigenvalue weighted by Gasteiger charge is 2.22. The van der Waals surface area contributed by atoms with Gasteiger partial charge in [0.25, 0.3) is 5.91 Å². The summed E-state index contributed by atoms with van der Waals surface area (Å²) < 4.78 is 0. The normalized spacial score (nSPS) is 15.2. The summed E-state index contributed by atoms with van der Waals surface area (Å²) in [6.07, 6.45) is 4.48. The summed E-state index contributed by atoms with van der Waals surface area (Å²) in [6.45, 7) is 3.29. The Bertz CT molecular complexity index is 536. The van der Waals surface area contributed by atoms with Crippen molar-refractivity contribution in [3.05, 3.63) is 29.8 Å². The number of hydrogen-bond donors (Lipinski definition) is 2. The van der Waals surface area contributed by atoms with E-state index in [2.05, 4.69) is 12.2 Å². The second kappa shape index (κ2) is 9.53. The first-order valence-corrected chi connectivity index (χ1v) is 8.07. The SMILES string of the molecule is CCCCC(CN)NC(=O)c1cccc(N2CCCC2=O)c1.Cl. The molecule has 0 aromatic heterocycles. The number of amides is 2. The van der Waals surface area contributed by atoms with Crippen molar-refractivity contribution >= 4 is 29.9 Å². The molecule has 0 aliphatic carbocycles. The van der Waals surface area contributed by atoms with E-state index in [1.165, 1.54) is 0 Å². The van der Waals surface area contributed by atoms with Gasteiger partial charge in [0.05, 0.1) is 0 Å². The molecule has 0 saturated carbocycles. The van der Waals surface area contributed by atoms with Gasteiger partial charge in [0.1, 0.15) is 0 Å². The number of nitrogens with zero attached hydrogens (tertiary/aromatic N) is 1. The molecule has 23 heavy (non-hydrogen) atoms. The molecule has 1 aromatic rings. The molecule has 2 amide bonds. The number of hydrogen-bond acceptors (Lipinski definition) is 3. The van der Waals surface area contributed by atoms with Gasteiger partial charge in [-0.05, 0) is 31.0 Å². The molecule has 1 unspecified atom stereocenters. The minimum atomic E-state index is -0.125. The number of benzene rings is 1. The maximum absolute atomic E-state index is 12.4. The number of nitrogens with one attached hydrogen (secondary N) is 1. The number of anilines is 1. The fourth-order valence-electron chi connectivity index (χ4n) is 2.70. The highest BCUT2D eigenvalue weighted by atomic mass is 35.5. The van der Waals surface area contributed by atoms with Crippen molar-refractivity contribution in [3.63, 3.8) is 0 Å². The average molecular weight is 340 g/mol. The molecule has 0 bridgehead atoms. The van der Waals surface area contributed by atoms with Gasteiger partial charge in [0.15, 0.2) is 0 Å². The Morgan fingerprint density at radius 1 is 1.43 bits per heavy atom. The van der Waals surface area contributed by atoms with Crippen LogP contribution >= 0.6 is 12.4 Å². The van der Waals surface area contributed by atoms with Gasteiger partial charge in [-0.1, -0.05) is 25.8 Å². The van der Waals surface area contributed by atoms with Crippen molar-refractivity contribution in [2.45, 2.75) is 45.1 Å². The Balaban J connectivity index is 0.00000264. The lowest BCUT2D eigenvalue weighted by molar-refractivity contribution is -0.117. The molecular formula is C17H26ClN3O2. The third kappa shape index (κ3) is 5.22. The van der Waals surface area contributed by atoms with Crippen molar-refractivity contribution in [3.8, 4) is 0 Å². The molecule has 1 fully saturated rings. The molecule has 3 N–H and O–H groups in total. The Labute approximate surface area is 144 Å². The van der Waals surface area contributed by atoms with Crippen LogP contribution in [0.3, 0.4) is 0 Å². The lowest BCUT2D eigenvalue weighted by Gasteiger charge is -2.19. The highest BCUT2D eigenvalue weighted by Crippen LogP contribution is 2.22. The van der Waals surface area contributed by atoms with Crippen molar-refractivity contribution < 1.29 is 9.59 Å². The van der Waals surface area contributed by atoms with Crippen molar-refractivity contribution in [1.29, 1.82) is 0 Å². The van der Waals surface area contributed by atoms with Crippen LogP contribution < -0.4 is 16.0 Å². The van der Waals surface area contributed by atoms with E-state index in [4.69, 9.17) is 5.73 Å². The van der Waals surface area contributed by atoms with E-state index < -0.39 is 0 Å². The maximum atomic E-state index is 12.4. The second-order valence-corrected chi connectivity index (χ2v) is 5.75. The lowest BCUT2D eigenvalue weighted by atomic mass is 10.1. The van der Waals surface area contributed by atoms with E-state index in [9.17, 15) is 9.59 Å². The topological polar surface area (TPSA) is 75.4 Å². The second-order valence-electron chi connectivity index (χ2n) is 5.75. The van der Waals surface area contributed by atoms with Crippen LogP contribution in [0.4, 0.5) is 5.69 Å². The number of nitrogens with two attached hydrogens (primary N) is 1. The Morgan fingerprint density at radius 2 is 2.22 bits per heavy atom. The largest absolute Gasteiger partial charge is 0.348 e. The van der Waals surface area contributed by atoms with Gasteiger partial charge < -0.3 is 16.0 Å². The smallest absolute Gasteiger partial charge is 0.251 e. The van der Waals surface area contributed by atoms with Crippen molar-refractivity contribution in [2.24, 2.45) is 5.73 Å². The minimum Gasteiger partial charge on any atom is -0.348 e. The number of halogens is 1. The molecule has 128 valence electrons. The molecule has 1 aliphatic heterocycles. The van der Waals surface area contributed by atoms with Crippen LogP contribution in [-0.2, 0) is 4.79 Å². The third-order valence-electron chi connectivity index (χ3n) is 4.02. The van der Waals surface area contributed by atoms with Gasteiger partial charge in [0.2, 0.25) is 5.91 Å². The van der Waals surface area contributed by atoms with E-state index in [1.54, 1.807) is 17.0 Å². The summed E-state index contributed by atoms with van der Waals surface area (Å²) in [6, 6.07) is 7.25.